The van der Waals surface area contributed by atoms with Crippen molar-refractivity contribution in [2.45, 2.75) is 32.4 Å². The first kappa shape index (κ1) is 20.7. The number of benzene rings is 3. The van der Waals surface area contributed by atoms with E-state index in [0.717, 1.165) is 35.7 Å². The third kappa shape index (κ3) is 7.51. The third-order valence-corrected chi connectivity index (χ3v) is 4.38. The van der Waals surface area contributed by atoms with Crippen LogP contribution < -0.4 is 19.9 Å². The molecule has 3 aromatic carbocycles. The van der Waals surface area contributed by atoms with Gasteiger partial charge in [0.25, 0.3) is 0 Å². The second-order valence-corrected chi connectivity index (χ2v) is 7.12. The summed E-state index contributed by atoms with van der Waals surface area (Å²) in [5, 5.41) is 0. The molecule has 3 aromatic rings. The summed E-state index contributed by atoms with van der Waals surface area (Å²) in [5.74, 6) is 2.53. The first-order valence-electron chi connectivity index (χ1n) is 10.1. The molecule has 29 heavy (non-hydrogen) atoms. The van der Waals surface area contributed by atoms with Gasteiger partial charge < -0.3 is 19.9 Å². The Morgan fingerprint density at radius 1 is 0.655 bits per heavy atom. The van der Waals surface area contributed by atoms with Crippen LogP contribution in [0.3, 0.4) is 0 Å². The van der Waals surface area contributed by atoms with Gasteiger partial charge in [-0.3, -0.25) is 0 Å². The Labute approximate surface area is 173 Å². The van der Waals surface area contributed by atoms with Gasteiger partial charge in [0.2, 0.25) is 0 Å². The molecule has 1 atom stereocenters. The van der Waals surface area contributed by atoms with Gasteiger partial charge in [0.1, 0.15) is 23.9 Å². The Morgan fingerprint density at radius 2 is 1.17 bits per heavy atom. The topological polar surface area (TPSA) is 53.7 Å². The molecular weight excluding hydrogens is 362 g/mol. The van der Waals surface area contributed by atoms with Gasteiger partial charge in [-0.15, -0.1) is 0 Å². The Hall–Kier alpha value is -2.98. The van der Waals surface area contributed by atoms with Crippen LogP contribution in [0.15, 0.2) is 78.9 Å². The summed E-state index contributed by atoms with van der Waals surface area (Å²) in [4.78, 5) is 0. The maximum absolute atomic E-state index is 5.82. The zero-order chi connectivity index (χ0) is 20.3. The van der Waals surface area contributed by atoms with Gasteiger partial charge in [-0.05, 0) is 60.9 Å². The van der Waals surface area contributed by atoms with Crippen LogP contribution in [0, 0.1) is 0 Å². The maximum atomic E-state index is 5.82. The summed E-state index contributed by atoms with van der Waals surface area (Å²) in [5.41, 5.74) is 8.20. The van der Waals surface area contributed by atoms with Crippen molar-refractivity contribution in [2.75, 3.05) is 13.2 Å². The monoisotopic (exact) mass is 391 g/mol. The van der Waals surface area contributed by atoms with Crippen LogP contribution in [0.2, 0.25) is 0 Å². The molecule has 0 spiro atoms. The number of rotatable bonds is 11. The van der Waals surface area contributed by atoms with Crippen LogP contribution in [0.1, 0.15) is 24.5 Å². The summed E-state index contributed by atoms with van der Waals surface area (Å²) in [6.45, 7) is 3.79. The second-order valence-electron chi connectivity index (χ2n) is 7.12. The minimum absolute atomic E-state index is 0.170. The zero-order valence-electron chi connectivity index (χ0n) is 16.9. The SMILES string of the molecule is CC(N)Cc1ccc(OCCCOc2ccc(OCc3ccccc3)cc2)cc1. The third-order valence-electron chi connectivity index (χ3n) is 4.38. The van der Waals surface area contributed by atoms with Gasteiger partial charge in [0.05, 0.1) is 13.2 Å². The van der Waals surface area contributed by atoms with Crippen LogP contribution in [0.25, 0.3) is 0 Å². The highest BCUT2D eigenvalue weighted by molar-refractivity contribution is 5.31. The van der Waals surface area contributed by atoms with Crippen LogP contribution >= 0.6 is 0 Å². The highest BCUT2D eigenvalue weighted by Gasteiger charge is 2.01. The maximum Gasteiger partial charge on any atom is 0.120 e. The van der Waals surface area contributed by atoms with Crippen LogP contribution in [-0.2, 0) is 13.0 Å². The second kappa shape index (κ2) is 11.1. The first-order chi connectivity index (χ1) is 14.2. The van der Waals surface area contributed by atoms with E-state index in [1.165, 1.54) is 5.56 Å². The molecule has 0 fully saturated rings. The molecular formula is C25H29NO3. The van der Waals surface area contributed by atoms with Crippen LogP contribution in [0.4, 0.5) is 0 Å². The molecule has 0 saturated carbocycles. The van der Waals surface area contributed by atoms with Gasteiger partial charge in [0.15, 0.2) is 0 Å². The smallest absolute Gasteiger partial charge is 0.120 e. The Morgan fingerprint density at radius 3 is 1.72 bits per heavy atom. The van der Waals surface area contributed by atoms with Crippen molar-refractivity contribution < 1.29 is 14.2 Å². The standard InChI is InChI=1S/C25H29NO3/c1-20(26)18-21-8-10-23(11-9-21)27-16-5-17-28-24-12-14-25(15-13-24)29-19-22-6-3-2-4-7-22/h2-4,6-15,20H,5,16-19,26H2,1H3. The number of nitrogens with two attached hydrogens (primary N) is 1. The van der Waals surface area contributed by atoms with E-state index in [1.54, 1.807) is 0 Å². The minimum atomic E-state index is 0.170. The lowest BCUT2D eigenvalue weighted by atomic mass is 10.1. The Bertz CT molecular complexity index is 830. The van der Waals surface area contributed by atoms with Crippen LogP contribution in [0.5, 0.6) is 17.2 Å². The van der Waals surface area contributed by atoms with Gasteiger partial charge in [-0.1, -0.05) is 42.5 Å². The summed E-state index contributed by atoms with van der Waals surface area (Å²) < 4.78 is 17.3. The molecule has 0 aliphatic carbocycles. The van der Waals surface area contributed by atoms with E-state index in [9.17, 15) is 0 Å². The largest absolute Gasteiger partial charge is 0.493 e. The van der Waals surface area contributed by atoms with E-state index in [2.05, 4.69) is 24.3 Å². The predicted octanol–water partition coefficient (Wildman–Crippen LogP) is 5.00. The number of hydrogen-bond donors (Lipinski definition) is 1. The average molecular weight is 392 g/mol. The molecule has 0 aliphatic heterocycles. The van der Waals surface area contributed by atoms with Crippen molar-refractivity contribution in [1.82, 2.24) is 0 Å². The predicted molar refractivity (Wildman–Crippen MR) is 117 cm³/mol. The van der Waals surface area contributed by atoms with E-state index >= 15 is 0 Å². The van der Waals surface area contributed by atoms with E-state index in [1.807, 2.05) is 61.5 Å². The molecule has 152 valence electrons. The Balaban J connectivity index is 1.32. The van der Waals surface area contributed by atoms with Gasteiger partial charge in [-0.25, -0.2) is 0 Å². The Kier molecular flexibility index (Phi) is 7.96. The van der Waals surface area contributed by atoms with E-state index in [-0.39, 0.29) is 6.04 Å². The van der Waals surface area contributed by atoms with Crippen molar-refractivity contribution in [3.8, 4) is 17.2 Å². The van der Waals surface area contributed by atoms with Crippen molar-refractivity contribution in [2.24, 2.45) is 5.73 Å². The van der Waals surface area contributed by atoms with Crippen molar-refractivity contribution in [1.29, 1.82) is 0 Å². The summed E-state index contributed by atoms with van der Waals surface area (Å²) in [6, 6.07) is 26.1. The van der Waals surface area contributed by atoms with E-state index < -0.39 is 0 Å². The van der Waals surface area contributed by atoms with Gasteiger partial charge in [-0.2, -0.15) is 0 Å². The summed E-state index contributed by atoms with van der Waals surface area (Å²) in [7, 11) is 0. The summed E-state index contributed by atoms with van der Waals surface area (Å²) in [6.07, 6.45) is 1.69. The molecule has 0 aromatic heterocycles. The van der Waals surface area contributed by atoms with Crippen LogP contribution in [-0.4, -0.2) is 19.3 Å². The molecule has 4 nitrogen and oxygen atoms in total. The van der Waals surface area contributed by atoms with Gasteiger partial charge >= 0.3 is 0 Å². The molecule has 4 heteroatoms. The fraction of sp³-hybridized carbons (Fsp3) is 0.280. The fourth-order valence-electron chi connectivity index (χ4n) is 2.91. The number of hydrogen-bond acceptors (Lipinski definition) is 4. The molecule has 0 aliphatic rings. The van der Waals surface area contributed by atoms with Crippen molar-refractivity contribution in [3.63, 3.8) is 0 Å². The van der Waals surface area contributed by atoms with Crippen molar-refractivity contribution >= 4 is 0 Å². The molecule has 0 amide bonds. The molecule has 0 heterocycles. The lowest BCUT2D eigenvalue weighted by Crippen LogP contribution is -2.17. The quantitative estimate of drug-likeness (QED) is 0.467. The molecule has 2 N–H and O–H groups in total. The summed E-state index contributed by atoms with van der Waals surface area (Å²) >= 11 is 0. The van der Waals surface area contributed by atoms with E-state index in [0.29, 0.717) is 19.8 Å². The minimum Gasteiger partial charge on any atom is -0.493 e. The molecule has 0 bridgehead atoms. The fourth-order valence-corrected chi connectivity index (χ4v) is 2.91. The highest BCUT2D eigenvalue weighted by Crippen LogP contribution is 2.19. The molecule has 0 saturated heterocycles. The average Bonchev–Trinajstić information content (AvgIpc) is 2.74. The highest BCUT2D eigenvalue weighted by atomic mass is 16.5. The van der Waals surface area contributed by atoms with Gasteiger partial charge in [0, 0.05) is 12.5 Å². The normalized spacial score (nSPS) is 11.7. The first-order valence-corrected chi connectivity index (χ1v) is 10.1. The zero-order valence-corrected chi connectivity index (χ0v) is 16.9. The van der Waals surface area contributed by atoms with E-state index in [4.69, 9.17) is 19.9 Å². The van der Waals surface area contributed by atoms with Crippen molar-refractivity contribution in [3.05, 3.63) is 90.0 Å². The molecule has 1 unspecified atom stereocenters. The lowest BCUT2D eigenvalue weighted by molar-refractivity contribution is 0.247. The number of ether oxygens (including phenoxy) is 3. The molecule has 3 rings (SSSR count). The molecule has 0 radical (unpaired) electrons. The lowest BCUT2D eigenvalue weighted by Gasteiger charge is -2.10.